The average Bonchev–Trinajstić information content (AvgIpc) is 2.47. The SMILES string of the molecule is CCCc1nc(NCCN(C)C)c(C#N)c2c1CCCC2. The van der Waals surface area contributed by atoms with Gasteiger partial charge in [-0.2, -0.15) is 5.26 Å². The molecule has 1 aromatic rings. The first kappa shape index (κ1) is 15.8. The van der Waals surface area contributed by atoms with Crippen molar-refractivity contribution in [3.8, 4) is 6.07 Å². The molecule has 1 heterocycles. The highest BCUT2D eigenvalue weighted by atomic mass is 15.1. The summed E-state index contributed by atoms with van der Waals surface area (Å²) in [6.45, 7) is 3.94. The van der Waals surface area contributed by atoms with Crippen molar-refractivity contribution in [2.24, 2.45) is 0 Å². The Bertz CT molecular complexity index is 529. The molecule has 0 amide bonds. The Kier molecular flexibility index (Phi) is 5.58. The fourth-order valence-electron chi connectivity index (χ4n) is 2.99. The number of aromatic nitrogens is 1. The lowest BCUT2D eigenvalue weighted by molar-refractivity contribution is 0.425. The average molecular weight is 286 g/mol. The summed E-state index contributed by atoms with van der Waals surface area (Å²) in [5, 5.41) is 12.9. The minimum Gasteiger partial charge on any atom is -0.368 e. The van der Waals surface area contributed by atoms with E-state index in [1.54, 1.807) is 0 Å². The second-order valence-electron chi connectivity index (χ2n) is 6.04. The Morgan fingerprint density at radius 3 is 2.57 bits per heavy atom. The highest BCUT2D eigenvalue weighted by molar-refractivity contribution is 5.60. The number of nitrogens with zero attached hydrogens (tertiary/aromatic N) is 3. The van der Waals surface area contributed by atoms with E-state index in [2.05, 4.69) is 37.3 Å². The van der Waals surface area contributed by atoms with E-state index < -0.39 is 0 Å². The number of hydrogen-bond donors (Lipinski definition) is 1. The van der Waals surface area contributed by atoms with Crippen molar-refractivity contribution < 1.29 is 0 Å². The summed E-state index contributed by atoms with van der Waals surface area (Å²) in [5.74, 6) is 0.795. The standard InChI is InChI=1S/C17H26N4/c1-4-7-16-14-9-6-5-8-13(14)15(12-18)17(20-16)19-10-11-21(2)3/h4-11H2,1-3H3,(H,19,20). The number of aryl methyl sites for hydroxylation is 1. The first-order chi connectivity index (χ1) is 10.2. The van der Waals surface area contributed by atoms with Gasteiger partial charge in [-0.3, -0.25) is 0 Å². The molecule has 1 N–H and O–H groups in total. The Morgan fingerprint density at radius 2 is 1.95 bits per heavy atom. The second kappa shape index (κ2) is 7.42. The van der Waals surface area contributed by atoms with Crippen LogP contribution in [0.5, 0.6) is 0 Å². The first-order valence-electron chi connectivity index (χ1n) is 8.00. The largest absolute Gasteiger partial charge is 0.368 e. The summed E-state index contributed by atoms with van der Waals surface area (Å²) in [5.41, 5.74) is 4.61. The zero-order chi connectivity index (χ0) is 15.2. The van der Waals surface area contributed by atoms with E-state index in [0.717, 1.165) is 50.2 Å². The van der Waals surface area contributed by atoms with Crippen LogP contribution < -0.4 is 5.32 Å². The van der Waals surface area contributed by atoms with Gasteiger partial charge in [0.25, 0.3) is 0 Å². The lowest BCUT2D eigenvalue weighted by atomic mass is 9.87. The third-order valence-electron chi connectivity index (χ3n) is 4.05. The van der Waals surface area contributed by atoms with E-state index in [9.17, 15) is 5.26 Å². The highest BCUT2D eigenvalue weighted by Gasteiger charge is 2.21. The Hall–Kier alpha value is -1.60. The minimum atomic E-state index is 0.781. The van der Waals surface area contributed by atoms with E-state index in [4.69, 9.17) is 4.98 Å². The maximum absolute atomic E-state index is 9.56. The van der Waals surface area contributed by atoms with Crippen molar-refractivity contribution in [2.75, 3.05) is 32.5 Å². The molecule has 0 bridgehead atoms. The maximum Gasteiger partial charge on any atom is 0.144 e. The number of likely N-dealkylation sites (N-methyl/N-ethyl adjacent to an activating group) is 1. The third-order valence-corrected chi connectivity index (χ3v) is 4.05. The third kappa shape index (κ3) is 3.74. The predicted molar refractivity (Wildman–Crippen MR) is 86.6 cm³/mol. The van der Waals surface area contributed by atoms with Crippen LogP contribution >= 0.6 is 0 Å². The van der Waals surface area contributed by atoms with E-state index in [1.165, 1.54) is 29.7 Å². The fourth-order valence-corrected chi connectivity index (χ4v) is 2.99. The molecular weight excluding hydrogens is 260 g/mol. The van der Waals surface area contributed by atoms with Crippen LogP contribution in [0.1, 0.15) is 48.6 Å². The van der Waals surface area contributed by atoms with Crippen LogP contribution in [0, 0.1) is 11.3 Å². The van der Waals surface area contributed by atoms with Crippen molar-refractivity contribution in [1.82, 2.24) is 9.88 Å². The van der Waals surface area contributed by atoms with Gasteiger partial charge in [0.05, 0.1) is 5.56 Å². The van der Waals surface area contributed by atoms with Crippen molar-refractivity contribution in [3.63, 3.8) is 0 Å². The maximum atomic E-state index is 9.56. The van der Waals surface area contributed by atoms with Crippen LogP contribution in [0.25, 0.3) is 0 Å². The van der Waals surface area contributed by atoms with E-state index in [1.807, 2.05) is 0 Å². The van der Waals surface area contributed by atoms with Gasteiger partial charge in [0.1, 0.15) is 11.9 Å². The van der Waals surface area contributed by atoms with Gasteiger partial charge in [0, 0.05) is 18.8 Å². The van der Waals surface area contributed by atoms with Crippen molar-refractivity contribution in [1.29, 1.82) is 5.26 Å². The lowest BCUT2D eigenvalue weighted by Gasteiger charge is -2.22. The summed E-state index contributed by atoms with van der Waals surface area (Å²) in [6.07, 6.45) is 6.64. The number of hydrogen-bond acceptors (Lipinski definition) is 4. The lowest BCUT2D eigenvalue weighted by Crippen LogP contribution is -2.22. The Morgan fingerprint density at radius 1 is 1.24 bits per heavy atom. The van der Waals surface area contributed by atoms with Crippen molar-refractivity contribution in [2.45, 2.75) is 45.4 Å². The second-order valence-corrected chi connectivity index (χ2v) is 6.04. The normalized spacial score (nSPS) is 13.9. The van der Waals surface area contributed by atoms with Crippen LogP contribution in [0.2, 0.25) is 0 Å². The molecule has 0 saturated heterocycles. The molecule has 1 aliphatic rings. The molecule has 0 aromatic carbocycles. The molecule has 4 nitrogen and oxygen atoms in total. The number of rotatable bonds is 6. The van der Waals surface area contributed by atoms with Gasteiger partial charge in [-0.25, -0.2) is 4.98 Å². The molecular formula is C17H26N4. The zero-order valence-electron chi connectivity index (χ0n) is 13.5. The number of nitriles is 1. The van der Waals surface area contributed by atoms with Crippen LogP contribution in [0.15, 0.2) is 0 Å². The van der Waals surface area contributed by atoms with Gasteiger partial charge < -0.3 is 10.2 Å². The molecule has 1 aliphatic carbocycles. The first-order valence-corrected chi connectivity index (χ1v) is 8.00. The quantitative estimate of drug-likeness (QED) is 0.873. The van der Waals surface area contributed by atoms with Gasteiger partial charge in [-0.1, -0.05) is 13.3 Å². The molecule has 0 spiro atoms. The van der Waals surface area contributed by atoms with Gasteiger partial charge in [-0.05, 0) is 57.3 Å². The van der Waals surface area contributed by atoms with E-state index in [-0.39, 0.29) is 0 Å². The Balaban J connectivity index is 2.34. The Labute approximate surface area is 128 Å². The molecule has 1 aromatic heterocycles. The molecule has 0 unspecified atom stereocenters. The summed E-state index contributed by atoms with van der Waals surface area (Å²) >= 11 is 0. The highest BCUT2D eigenvalue weighted by Crippen LogP contribution is 2.30. The van der Waals surface area contributed by atoms with Gasteiger partial charge >= 0.3 is 0 Å². The fraction of sp³-hybridized carbons (Fsp3) is 0.647. The summed E-state index contributed by atoms with van der Waals surface area (Å²) in [6, 6.07) is 2.39. The molecule has 0 fully saturated rings. The molecule has 0 atom stereocenters. The predicted octanol–water partition coefficient (Wildman–Crippen LogP) is 2.76. The van der Waals surface area contributed by atoms with Gasteiger partial charge in [-0.15, -0.1) is 0 Å². The number of anilines is 1. The molecule has 4 heteroatoms. The zero-order valence-corrected chi connectivity index (χ0v) is 13.5. The molecule has 0 radical (unpaired) electrons. The van der Waals surface area contributed by atoms with E-state index in [0.29, 0.717) is 0 Å². The molecule has 0 aliphatic heterocycles. The monoisotopic (exact) mass is 286 g/mol. The van der Waals surface area contributed by atoms with Crippen molar-refractivity contribution in [3.05, 3.63) is 22.4 Å². The van der Waals surface area contributed by atoms with Crippen LogP contribution in [-0.2, 0) is 19.3 Å². The smallest absolute Gasteiger partial charge is 0.144 e. The number of nitrogens with one attached hydrogen (secondary N) is 1. The molecule has 2 rings (SSSR count). The van der Waals surface area contributed by atoms with Crippen LogP contribution in [0.4, 0.5) is 5.82 Å². The summed E-state index contributed by atoms with van der Waals surface area (Å²) in [4.78, 5) is 6.92. The van der Waals surface area contributed by atoms with Gasteiger partial charge in [0.15, 0.2) is 0 Å². The topological polar surface area (TPSA) is 52.0 Å². The molecule has 114 valence electrons. The molecule has 21 heavy (non-hydrogen) atoms. The minimum absolute atomic E-state index is 0.781. The summed E-state index contributed by atoms with van der Waals surface area (Å²) < 4.78 is 0. The summed E-state index contributed by atoms with van der Waals surface area (Å²) in [7, 11) is 4.10. The number of fused-ring (bicyclic) bond motifs is 1. The number of pyridine rings is 1. The van der Waals surface area contributed by atoms with Crippen LogP contribution in [-0.4, -0.2) is 37.1 Å². The van der Waals surface area contributed by atoms with Crippen LogP contribution in [0.3, 0.4) is 0 Å². The van der Waals surface area contributed by atoms with Gasteiger partial charge in [0.2, 0.25) is 0 Å². The van der Waals surface area contributed by atoms with Crippen molar-refractivity contribution >= 4 is 5.82 Å². The molecule has 0 saturated carbocycles. The van der Waals surface area contributed by atoms with E-state index >= 15 is 0 Å².